The fraction of sp³-hybridized carbons (Fsp3) is 0.538. The van der Waals surface area contributed by atoms with Crippen molar-refractivity contribution in [2.24, 2.45) is 5.92 Å². The molecule has 1 aromatic rings. The van der Waals surface area contributed by atoms with Crippen molar-refractivity contribution in [1.82, 2.24) is 10.3 Å². The first-order chi connectivity index (χ1) is 7.99. The van der Waals surface area contributed by atoms with Gasteiger partial charge in [0.1, 0.15) is 11.5 Å². The summed E-state index contributed by atoms with van der Waals surface area (Å²) in [6.07, 6.45) is 2.08. The Labute approximate surface area is 103 Å². The molecule has 1 rings (SSSR count). The summed E-state index contributed by atoms with van der Waals surface area (Å²) < 4.78 is 0. The Bertz CT molecular complexity index is 377. The fourth-order valence-electron chi connectivity index (χ4n) is 1.53. The number of nitrogens with two attached hydrogens (primary N) is 1. The zero-order chi connectivity index (χ0) is 12.8. The highest BCUT2D eigenvalue weighted by Crippen LogP contribution is 2.07. The van der Waals surface area contributed by atoms with E-state index in [4.69, 9.17) is 5.73 Å². The number of nitrogens with zero attached hydrogens (tertiary/aromatic N) is 1. The fourth-order valence-corrected chi connectivity index (χ4v) is 1.53. The molecule has 0 saturated carbocycles. The number of carbonyl (C=O) groups is 1. The van der Waals surface area contributed by atoms with Crippen molar-refractivity contribution in [2.45, 2.75) is 39.7 Å². The molecule has 0 bridgehead atoms. The molecule has 1 heterocycles. The molecule has 0 aliphatic heterocycles. The van der Waals surface area contributed by atoms with Crippen LogP contribution in [-0.4, -0.2) is 16.9 Å². The molecule has 0 aliphatic carbocycles. The van der Waals surface area contributed by atoms with Crippen LogP contribution in [0.25, 0.3) is 0 Å². The van der Waals surface area contributed by atoms with E-state index in [1.165, 1.54) is 0 Å². The molecule has 0 spiro atoms. The van der Waals surface area contributed by atoms with Crippen LogP contribution in [0.4, 0.5) is 5.82 Å². The summed E-state index contributed by atoms with van der Waals surface area (Å²) in [4.78, 5) is 15.8. The van der Waals surface area contributed by atoms with Gasteiger partial charge in [-0.25, -0.2) is 4.98 Å². The van der Waals surface area contributed by atoms with E-state index in [1.807, 2.05) is 6.92 Å². The Balaban J connectivity index is 2.49. The Morgan fingerprint density at radius 1 is 1.35 bits per heavy atom. The number of rotatable bonds is 5. The number of anilines is 1. The number of carbonyl (C=O) groups excluding carboxylic acids is 1. The lowest BCUT2D eigenvalue weighted by Gasteiger charge is -2.14. The Kier molecular flexibility index (Phi) is 4.94. The van der Waals surface area contributed by atoms with Crippen LogP contribution in [0.3, 0.4) is 0 Å². The van der Waals surface area contributed by atoms with Crippen LogP contribution in [0.15, 0.2) is 18.2 Å². The van der Waals surface area contributed by atoms with E-state index in [0.717, 1.165) is 12.8 Å². The van der Waals surface area contributed by atoms with Crippen molar-refractivity contribution < 1.29 is 4.79 Å². The zero-order valence-electron chi connectivity index (χ0n) is 10.7. The average Bonchev–Trinajstić information content (AvgIpc) is 2.26. The molecular weight excluding hydrogens is 214 g/mol. The average molecular weight is 235 g/mol. The number of aromatic nitrogens is 1. The monoisotopic (exact) mass is 235 g/mol. The molecule has 0 radical (unpaired) electrons. The number of nitrogen functional groups attached to an aromatic ring is 1. The van der Waals surface area contributed by atoms with E-state index in [-0.39, 0.29) is 11.9 Å². The van der Waals surface area contributed by atoms with Crippen molar-refractivity contribution in [3.8, 4) is 0 Å². The minimum atomic E-state index is -0.159. The Morgan fingerprint density at radius 2 is 2.06 bits per heavy atom. The lowest BCUT2D eigenvalue weighted by molar-refractivity contribution is 0.0932. The first-order valence-electron chi connectivity index (χ1n) is 6.02. The first kappa shape index (κ1) is 13.5. The first-order valence-corrected chi connectivity index (χ1v) is 6.02. The van der Waals surface area contributed by atoms with Gasteiger partial charge in [0.2, 0.25) is 0 Å². The van der Waals surface area contributed by atoms with Crippen LogP contribution in [-0.2, 0) is 0 Å². The minimum Gasteiger partial charge on any atom is -0.384 e. The van der Waals surface area contributed by atoms with Gasteiger partial charge in [0, 0.05) is 6.04 Å². The number of nitrogens with one attached hydrogen (secondary N) is 1. The largest absolute Gasteiger partial charge is 0.384 e. The standard InChI is InChI=1S/C13H21N3O/c1-9(2)7-8-10(3)15-13(17)11-5-4-6-12(14)16-11/h4-6,9-10H,7-8H2,1-3H3,(H2,14,16)(H,15,17). The molecule has 0 aliphatic rings. The van der Waals surface area contributed by atoms with Crippen LogP contribution in [0.5, 0.6) is 0 Å². The van der Waals surface area contributed by atoms with E-state index in [2.05, 4.69) is 24.1 Å². The van der Waals surface area contributed by atoms with E-state index in [1.54, 1.807) is 18.2 Å². The second kappa shape index (κ2) is 6.23. The molecular formula is C13H21N3O. The van der Waals surface area contributed by atoms with Gasteiger partial charge in [-0.1, -0.05) is 19.9 Å². The molecule has 17 heavy (non-hydrogen) atoms. The normalized spacial score (nSPS) is 12.5. The molecule has 0 fully saturated rings. The van der Waals surface area contributed by atoms with Crippen molar-refractivity contribution in [3.05, 3.63) is 23.9 Å². The predicted molar refractivity (Wildman–Crippen MR) is 69.6 cm³/mol. The third-order valence-corrected chi connectivity index (χ3v) is 2.56. The second-order valence-corrected chi connectivity index (χ2v) is 4.79. The Hall–Kier alpha value is -1.58. The number of hydrogen-bond donors (Lipinski definition) is 2. The minimum absolute atomic E-state index is 0.159. The summed E-state index contributed by atoms with van der Waals surface area (Å²) in [6.45, 7) is 6.36. The van der Waals surface area contributed by atoms with Gasteiger partial charge in [0.05, 0.1) is 0 Å². The molecule has 1 unspecified atom stereocenters. The molecule has 4 heteroatoms. The van der Waals surface area contributed by atoms with Crippen LogP contribution in [0.2, 0.25) is 0 Å². The van der Waals surface area contributed by atoms with Gasteiger partial charge in [0.15, 0.2) is 0 Å². The summed E-state index contributed by atoms with van der Waals surface area (Å²) in [5.41, 5.74) is 5.91. The molecule has 3 N–H and O–H groups in total. The summed E-state index contributed by atoms with van der Waals surface area (Å²) in [5.74, 6) is 0.862. The van der Waals surface area contributed by atoms with Crippen molar-refractivity contribution in [1.29, 1.82) is 0 Å². The van der Waals surface area contributed by atoms with Crippen LogP contribution < -0.4 is 11.1 Å². The van der Waals surface area contributed by atoms with Crippen LogP contribution >= 0.6 is 0 Å². The SMILES string of the molecule is CC(C)CCC(C)NC(=O)c1cccc(N)n1. The highest BCUT2D eigenvalue weighted by atomic mass is 16.1. The molecule has 94 valence electrons. The summed E-state index contributed by atoms with van der Waals surface area (Å²) in [6, 6.07) is 5.23. The van der Waals surface area contributed by atoms with Crippen molar-refractivity contribution >= 4 is 11.7 Å². The van der Waals surface area contributed by atoms with Gasteiger partial charge >= 0.3 is 0 Å². The maximum absolute atomic E-state index is 11.8. The molecule has 4 nitrogen and oxygen atoms in total. The van der Waals surface area contributed by atoms with Crippen LogP contribution in [0, 0.1) is 5.92 Å². The molecule has 1 atom stereocenters. The van der Waals surface area contributed by atoms with Crippen LogP contribution in [0.1, 0.15) is 44.1 Å². The van der Waals surface area contributed by atoms with E-state index in [9.17, 15) is 4.79 Å². The highest BCUT2D eigenvalue weighted by molar-refractivity contribution is 5.92. The summed E-state index contributed by atoms with van der Waals surface area (Å²) >= 11 is 0. The van der Waals surface area contributed by atoms with E-state index < -0.39 is 0 Å². The molecule has 1 aromatic heterocycles. The molecule has 0 saturated heterocycles. The van der Waals surface area contributed by atoms with E-state index >= 15 is 0 Å². The maximum Gasteiger partial charge on any atom is 0.270 e. The van der Waals surface area contributed by atoms with E-state index in [0.29, 0.717) is 17.4 Å². The van der Waals surface area contributed by atoms with Gasteiger partial charge in [-0.15, -0.1) is 0 Å². The lowest BCUT2D eigenvalue weighted by Crippen LogP contribution is -2.33. The zero-order valence-corrected chi connectivity index (χ0v) is 10.7. The van der Waals surface area contributed by atoms with Gasteiger partial charge in [-0.3, -0.25) is 4.79 Å². The Morgan fingerprint density at radius 3 is 2.65 bits per heavy atom. The summed E-state index contributed by atoms with van der Waals surface area (Å²) in [7, 11) is 0. The predicted octanol–water partition coefficient (Wildman–Crippen LogP) is 2.22. The van der Waals surface area contributed by atoms with Crippen molar-refractivity contribution in [3.63, 3.8) is 0 Å². The molecule has 0 aromatic carbocycles. The number of amides is 1. The van der Waals surface area contributed by atoms with Gasteiger partial charge in [-0.2, -0.15) is 0 Å². The third kappa shape index (κ3) is 4.85. The third-order valence-electron chi connectivity index (χ3n) is 2.56. The number of hydrogen-bond acceptors (Lipinski definition) is 3. The van der Waals surface area contributed by atoms with Crippen molar-refractivity contribution in [2.75, 3.05) is 5.73 Å². The highest BCUT2D eigenvalue weighted by Gasteiger charge is 2.11. The second-order valence-electron chi connectivity index (χ2n) is 4.79. The van der Waals surface area contributed by atoms with Gasteiger partial charge in [-0.05, 0) is 37.8 Å². The van der Waals surface area contributed by atoms with Gasteiger partial charge < -0.3 is 11.1 Å². The lowest BCUT2D eigenvalue weighted by atomic mass is 10.0. The topological polar surface area (TPSA) is 68.0 Å². The number of pyridine rings is 1. The maximum atomic E-state index is 11.8. The smallest absolute Gasteiger partial charge is 0.270 e. The van der Waals surface area contributed by atoms with Gasteiger partial charge in [0.25, 0.3) is 5.91 Å². The molecule has 1 amide bonds. The summed E-state index contributed by atoms with van der Waals surface area (Å²) in [5, 5.41) is 2.92. The quantitative estimate of drug-likeness (QED) is 0.822.